The molecule has 3 aromatic heterocycles. The largest absolute Gasteiger partial charge is 0.382 e. The molecule has 124 valence electrons. The third-order valence-corrected chi connectivity index (χ3v) is 4.60. The highest BCUT2D eigenvalue weighted by Gasteiger charge is 2.40. The minimum absolute atomic E-state index is 0.134. The normalized spacial score (nSPS) is 21.3. The van der Waals surface area contributed by atoms with Gasteiger partial charge in [0, 0.05) is 12.7 Å². The SMILES string of the molecule is O=C(c1c(Cl)nc2ccccn12)N1CCCC(O)(c2cn[nH]n2)C1. The number of fused-ring (bicyclic) bond motifs is 1. The van der Waals surface area contributed by atoms with Gasteiger partial charge >= 0.3 is 0 Å². The highest BCUT2D eigenvalue weighted by molar-refractivity contribution is 6.32. The summed E-state index contributed by atoms with van der Waals surface area (Å²) in [7, 11) is 0. The highest BCUT2D eigenvalue weighted by Crippen LogP contribution is 2.31. The predicted octanol–water partition coefficient (Wildman–Crippen LogP) is 1.23. The molecule has 9 heteroatoms. The number of carbonyl (C=O) groups is 1. The van der Waals surface area contributed by atoms with Gasteiger partial charge in [0.25, 0.3) is 5.91 Å². The summed E-state index contributed by atoms with van der Waals surface area (Å²) >= 11 is 6.18. The van der Waals surface area contributed by atoms with Crippen molar-refractivity contribution in [2.75, 3.05) is 13.1 Å². The monoisotopic (exact) mass is 346 g/mol. The Bertz CT molecular complexity index is 893. The number of aromatic nitrogens is 5. The molecule has 1 aliphatic heterocycles. The van der Waals surface area contributed by atoms with Gasteiger partial charge in [0.15, 0.2) is 10.8 Å². The minimum Gasteiger partial charge on any atom is -0.382 e. The Morgan fingerprint density at radius 2 is 2.29 bits per heavy atom. The van der Waals surface area contributed by atoms with Crippen LogP contribution in [0.2, 0.25) is 5.15 Å². The molecule has 1 aliphatic rings. The van der Waals surface area contributed by atoms with Crippen LogP contribution in [0.3, 0.4) is 0 Å². The molecular formula is C15H15ClN6O2. The average Bonchev–Trinajstić information content (AvgIpc) is 3.21. The van der Waals surface area contributed by atoms with E-state index in [1.807, 2.05) is 12.1 Å². The quantitative estimate of drug-likeness (QED) is 0.727. The third-order valence-electron chi connectivity index (χ3n) is 4.34. The maximum Gasteiger partial charge on any atom is 0.274 e. The van der Waals surface area contributed by atoms with Crippen LogP contribution in [0.1, 0.15) is 29.0 Å². The molecule has 3 aromatic rings. The van der Waals surface area contributed by atoms with Gasteiger partial charge in [-0.05, 0) is 25.0 Å². The maximum absolute atomic E-state index is 13.0. The number of imidazole rings is 1. The van der Waals surface area contributed by atoms with Crippen molar-refractivity contribution in [2.45, 2.75) is 18.4 Å². The van der Waals surface area contributed by atoms with E-state index in [1.54, 1.807) is 21.6 Å². The number of hydrogen-bond acceptors (Lipinski definition) is 5. The number of pyridine rings is 1. The van der Waals surface area contributed by atoms with E-state index in [9.17, 15) is 9.90 Å². The fourth-order valence-electron chi connectivity index (χ4n) is 3.15. The number of carbonyl (C=O) groups excluding carboxylic acids is 1. The molecule has 1 unspecified atom stereocenters. The Balaban J connectivity index is 1.68. The number of hydrogen-bond donors (Lipinski definition) is 2. The molecule has 1 fully saturated rings. The van der Waals surface area contributed by atoms with Crippen LogP contribution >= 0.6 is 11.6 Å². The van der Waals surface area contributed by atoms with Crippen LogP contribution in [0, 0.1) is 0 Å². The molecule has 1 atom stereocenters. The summed E-state index contributed by atoms with van der Waals surface area (Å²) in [6, 6.07) is 5.42. The lowest BCUT2D eigenvalue weighted by Crippen LogP contribution is -2.49. The van der Waals surface area contributed by atoms with Gasteiger partial charge in [-0.3, -0.25) is 9.20 Å². The number of rotatable bonds is 2. The Labute approximate surface area is 142 Å². The lowest BCUT2D eigenvalue weighted by molar-refractivity contribution is -0.0322. The standard InChI is InChI=1S/C15H15ClN6O2/c16-13-12(22-7-2-1-4-11(22)18-13)14(23)21-6-3-5-15(24,9-21)10-8-17-20-19-10/h1-2,4,7-8,24H,3,5-6,9H2,(H,17,19,20). The van der Waals surface area contributed by atoms with Crippen molar-refractivity contribution in [3.05, 3.63) is 47.1 Å². The van der Waals surface area contributed by atoms with Gasteiger partial charge in [0.2, 0.25) is 0 Å². The van der Waals surface area contributed by atoms with Crippen molar-refractivity contribution in [2.24, 2.45) is 0 Å². The number of H-pyrrole nitrogens is 1. The van der Waals surface area contributed by atoms with E-state index in [4.69, 9.17) is 11.6 Å². The van der Waals surface area contributed by atoms with Gasteiger partial charge in [0.1, 0.15) is 16.9 Å². The summed E-state index contributed by atoms with van der Waals surface area (Å²) in [6.45, 7) is 0.671. The topological polar surface area (TPSA) is 99.4 Å². The zero-order valence-electron chi connectivity index (χ0n) is 12.7. The first-order valence-electron chi connectivity index (χ1n) is 7.59. The summed E-state index contributed by atoms with van der Waals surface area (Å²) in [6.07, 6.45) is 4.40. The van der Waals surface area contributed by atoms with Crippen LogP contribution < -0.4 is 0 Å². The van der Waals surface area contributed by atoms with Crippen LogP contribution in [0.15, 0.2) is 30.6 Å². The van der Waals surface area contributed by atoms with Crippen molar-refractivity contribution < 1.29 is 9.90 Å². The molecule has 0 bridgehead atoms. The third kappa shape index (κ3) is 2.35. The van der Waals surface area contributed by atoms with Gasteiger partial charge in [-0.25, -0.2) is 4.98 Å². The Hall–Kier alpha value is -2.45. The number of amides is 1. The van der Waals surface area contributed by atoms with E-state index in [0.717, 1.165) is 0 Å². The van der Waals surface area contributed by atoms with Gasteiger partial charge < -0.3 is 10.0 Å². The van der Waals surface area contributed by atoms with Crippen LogP contribution in [0.5, 0.6) is 0 Å². The summed E-state index contributed by atoms with van der Waals surface area (Å²) in [5.74, 6) is -0.264. The zero-order chi connectivity index (χ0) is 16.7. The average molecular weight is 347 g/mol. The summed E-state index contributed by atoms with van der Waals surface area (Å²) < 4.78 is 1.66. The molecule has 0 saturated carbocycles. The molecule has 0 aliphatic carbocycles. The predicted molar refractivity (Wildman–Crippen MR) is 85.6 cm³/mol. The van der Waals surface area contributed by atoms with Crippen molar-refractivity contribution in [3.63, 3.8) is 0 Å². The van der Waals surface area contributed by atoms with Crippen molar-refractivity contribution in [1.82, 2.24) is 29.7 Å². The first-order chi connectivity index (χ1) is 11.6. The molecule has 2 N–H and O–H groups in total. The Kier molecular flexibility index (Phi) is 3.50. The fraction of sp³-hybridized carbons (Fsp3) is 0.333. The molecule has 4 heterocycles. The Morgan fingerprint density at radius 3 is 3.08 bits per heavy atom. The van der Waals surface area contributed by atoms with Gasteiger partial charge in [0.05, 0.1) is 12.7 Å². The van der Waals surface area contributed by atoms with Gasteiger partial charge in [-0.15, -0.1) is 0 Å². The number of likely N-dealkylation sites (tertiary alicyclic amines) is 1. The number of piperidine rings is 1. The molecule has 0 aromatic carbocycles. The second-order valence-corrected chi connectivity index (χ2v) is 6.26. The number of halogens is 1. The number of nitrogens with zero attached hydrogens (tertiary/aromatic N) is 5. The molecule has 1 saturated heterocycles. The summed E-state index contributed by atoms with van der Waals surface area (Å²) in [5, 5.41) is 21.2. The van der Waals surface area contributed by atoms with Gasteiger partial charge in [-0.2, -0.15) is 15.4 Å². The van der Waals surface area contributed by atoms with Crippen molar-refractivity contribution in [3.8, 4) is 0 Å². The number of aliphatic hydroxyl groups is 1. The number of β-amino-alcohol motifs (C(OH)–C–C–N with tert-alkyl or cyclic N) is 1. The van der Waals surface area contributed by atoms with Crippen LogP contribution in [0.4, 0.5) is 0 Å². The molecule has 0 radical (unpaired) electrons. The first-order valence-corrected chi connectivity index (χ1v) is 7.97. The smallest absolute Gasteiger partial charge is 0.274 e. The number of aromatic amines is 1. The fourth-order valence-corrected chi connectivity index (χ4v) is 3.41. The van der Waals surface area contributed by atoms with E-state index in [-0.39, 0.29) is 17.6 Å². The Morgan fingerprint density at radius 1 is 1.42 bits per heavy atom. The van der Waals surface area contributed by atoms with E-state index >= 15 is 0 Å². The van der Waals surface area contributed by atoms with Crippen LogP contribution in [0.25, 0.3) is 5.65 Å². The number of nitrogens with one attached hydrogen (secondary N) is 1. The van der Waals surface area contributed by atoms with Crippen LogP contribution in [-0.4, -0.2) is 53.8 Å². The van der Waals surface area contributed by atoms with Gasteiger partial charge in [-0.1, -0.05) is 17.7 Å². The van der Waals surface area contributed by atoms with E-state index < -0.39 is 5.60 Å². The lowest BCUT2D eigenvalue weighted by Gasteiger charge is -2.37. The highest BCUT2D eigenvalue weighted by atomic mass is 35.5. The summed E-state index contributed by atoms with van der Waals surface area (Å²) in [5.41, 5.74) is 0.129. The summed E-state index contributed by atoms with van der Waals surface area (Å²) in [4.78, 5) is 18.8. The second-order valence-electron chi connectivity index (χ2n) is 5.90. The maximum atomic E-state index is 13.0. The molecule has 4 rings (SSSR count). The lowest BCUT2D eigenvalue weighted by atomic mass is 9.90. The molecule has 1 amide bonds. The van der Waals surface area contributed by atoms with E-state index in [1.165, 1.54) is 6.20 Å². The van der Waals surface area contributed by atoms with Crippen molar-refractivity contribution >= 4 is 23.2 Å². The molecular weight excluding hydrogens is 332 g/mol. The van der Waals surface area contributed by atoms with Crippen LogP contribution in [-0.2, 0) is 5.60 Å². The first kappa shape index (κ1) is 15.1. The molecule has 8 nitrogen and oxygen atoms in total. The minimum atomic E-state index is -1.21. The zero-order valence-corrected chi connectivity index (χ0v) is 13.4. The molecule has 24 heavy (non-hydrogen) atoms. The second kappa shape index (κ2) is 5.57. The molecule has 0 spiro atoms. The van der Waals surface area contributed by atoms with Crippen molar-refractivity contribution in [1.29, 1.82) is 0 Å². The van der Waals surface area contributed by atoms with E-state index in [2.05, 4.69) is 20.4 Å². The van der Waals surface area contributed by atoms with E-state index in [0.29, 0.717) is 36.4 Å².